The zero-order valence-corrected chi connectivity index (χ0v) is 10.9. The van der Waals surface area contributed by atoms with Crippen molar-refractivity contribution in [3.63, 3.8) is 0 Å². The minimum Gasteiger partial charge on any atom is -0.451 e. The van der Waals surface area contributed by atoms with Crippen LogP contribution in [0, 0.1) is 5.82 Å². The van der Waals surface area contributed by atoms with E-state index in [2.05, 4.69) is 5.32 Å². The van der Waals surface area contributed by atoms with Crippen LogP contribution < -0.4 is 5.32 Å². The molecule has 0 fully saturated rings. The summed E-state index contributed by atoms with van der Waals surface area (Å²) in [6, 6.07) is 12.9. The van der Waals surface area contributed by atoms with Gasteiger partial charge in [0.25, 0.3) is 5.91 Å². The van der Waals surface area contributed by atoms with Gasteiger partial charge in [-0.2, -0.15) is 0 Å². The highest BCUT2D eigenvalue weighted by Gasteiger charge is 2.14. The minimum atomic E-state index is -0.595. The molecule has 0 bridgehead atoms. The van der Waals surface area contributed by atoms with Crippen LogP contribution in [0.5, 0.6) is 0 Å². The summed E-state index contributed by atoms with van der Waals surface area (Å²) in [6.07, 6.45) is 0. The Kier molecular flexibility index (Phi) is 3.16. The first kappa shape index (κ1) is 12.7. The Morgan fingerprint density at radius 1 is 1.15 bits per heavy atom. The minimum absolute atomic E-state index is 0.0554. The molecule has 1 amide bonds. The maximum atomic E-state index is 13.6. The van der Waals surface area contributed by atoms with Crippen LogP contribution in [0.25, 0.3) is 11.0 Å². The second-order valence-corrected chi connectivity index (χ2v) is 4.66. The van der Waals surface area contributed by atoms with E-state index in [0.717, 1.165) is 11.5 Å². The number of fused-ring (bicyclic) bond motifs is 1. The number of anilines is 1. The summed E-state index contributed by atoms with van der Waals surface area (Å²) in [4.78, 5) is 12.0. The Morgan fingerprint density at radius 2 is 1.95 bits per heavy atom. The van der Waals surface area contributed by atoms with Crippen molar-refractivity contribution >= 4 is 34.2 Å². The first-order valence-electron chi connectivity index (χ1n) is 5.88. The summed E-state index contributed by atoms with van der Waals surface area (Å²) in [5.74, 6) is -0.982. The van der Waals surface area contributed by atoms with Gasteiger partial charge in [0.05, 0.1) is 5.69 Å². The SMILES string of the molecule is O=C(Nc1ccc(Cl)cc1F)c1cc2ccccc2o1. The van der Waals surface area contributed by atoms with E-state index in [1.54, 1.807) is 12.1 Å². The smallest absolute Gasteiger partial charge is 0.291 e. The third kappa shape index (κ3) is 2.38. The molecule has 0 radical (unpaired) electrons. The van der Waals surface area contributed by atoms with Crippen LogP contribution in [0.2, 0.25) is 5.02 Å². The molecule has 0 atom stereocenters. The second kappa shape index (κ2) is 4.98. The van der Waals surface area contributed by atoms with E-state index in [4.69, 9.17) is 16.0 Å². The fourth-order valence-corrected chi connectivity index (χ4v) is 2.03. The fraction of sp³-hybridized carbons (Fsp3) is 0. The summed E-state index contributed by atoms with van der Waals surface area (Å²) < 4.78 is 19.0. The van der Waals surface area contributed by atoms with Gasteiger partial charge in [-0.25, -0.2) is 4.39 Å². The van der Waals surface area contributed by atoms with Gasteiger partial charge in [-0.05, 0) is 30.3 Å². The number of benzene rings is 2. The van der Waals surface area contributed by atoms with Gasteiger partial charge in [0.15, 0.2) is 5.76 Å². The maximum Gasteiger partial charge on any atom is 0.291 e. The number of para-hydroxylation sites is 1. The highest BCUT2D eigenvalue weighted by atomic mass is 35.5. The zero-order valence-electron chi connectivity index (χ0n) is 10.2. The number of carbonyl (C=O) groups excluding carboxylic acids is 1. The lowest BCUT2D eigenvalue weighted by Gasteiger charge is -2.04. The Morgan fingerprint density at radius 3 is 2.70 bits per heavy atom. The van der Waals surface area contributed by atoms with Crippen molar-refractivity contribution in [1.29, 1.82) is 0 Å². The lowest BCUT2D eigenvalue weighted by Crippen LogP contribution is -2.11. The predicted molar refractivity (Wildman–Crippen MR) is 75.6 cm³/mol. The van der Waals surface area contributed by atoms with Gasteiger partial charge in [0.1, 0.15) is 11.4 Å². The van der Waals surface area contributed by atoms with Gasteiger partial charge >= 0.3 is 0 Å². The summed E-state index contributed by atoms with van der Waals surface area (Å²) in [5.41, 5.74) is 0.661. The molecule has 1 heterocycles. The van der Waals surface area contributed by atoms with E-state index in [1.165, 1.54) is 12.1 Å². The zero-order chi connectivity index (χ0) is 14.1. The van der Waals surface area contributed by atoms with E-state index >= 15 is 0 Å². The average Bonchev–Trinajstić information content (AvgIpc) is 2.86. The van der Waals surface area contributed by atoms with Crippen LogP contribution >= 0.6 is 11.6 Å². The van der Waals surface area contributed by atoms with Gasteiger partial charge in [-0.1, -0.05) is 29.8 Å². The molecule has 0 saturated carbocycles. The van der Waals surface area contributed by atoms with E-state index in [0.29, 0.717) is 5.58 Å². The van der Waals surface area contributed by atoms with Crippen molar-refractivity contribution in [2.75, 3.05) is 5.32 Å². The molecular weight excluding hydrogens is 281 g/mol. The highest BCUT2D eigenvalue weighted by molar-refractivity contribution is 6.30. The summed E-state index contributed by atoms with van der Waals surface area (Å²) >= 11 is 5.65. The molecule has 1 N–H and O–H groups in total. The van der Waals surface area contributed by atoms with Crippen LogP contribution in [-0.4, -0.2) is 5.91 Å². The van der Waals surface area contributed by atoms with Gasteiger partial charge in [0, 0.05) is 10.4 Å². The highest BCUT2D eigenvalue weighted by Crippen LogP contribution is 2.22. The third-order valence-electron chi connectivity index (χ3n) is 2.83. The van der Waals surface area contributed by atoms with Crippen molar-refractivity contribution in [1.82, 2.24) is 0 Å². The summed E-state index contributed by atoms with van der Waals surface area (Å²) in [6.45, 7) is 0. The fourth-order valence-electron chi connectivity index (χ4n) is 1.87. The Labute approximate surface area is 119 Å². The molecule has 1 aromatic heterocycles. The molecule has 20 heavy (non-hydrogen) atoms. The molecule has 0 aliphatic rings. The van der Waals surface area contributed by atoms with Crippen molar-refractivity contribution in [2.24, 2.45) is 0 Å². The van der Waals surface area contributed by atoms with Crippen molar-refractivity contribution < 1.29 is 13.6 Å². The Hall–Kier alpha value is -2.33. The van der Waals surface area contributed by atoms with Crippen molar-refractivity contribution in [3.05, 3.63) is 65.1 Å². The first-order chi connectivity index (χ1) is 9.63. The normalized spacial score (nSPS) is 10.7. The van der Waals surface area contributed by atoms with Gasteiger partial charge in [0.2, 0.25) is 0 Å². The largest absolute Gasteiger partial charge is 0.451 e. The number of rotatable bonds is 2. The monoisotopic (exact) mass is 289 g/mol. The molecule has 0 aliphatic carbocycles. The molecule has 3 rings (SSSR count). The van der Waals surface area contributed by atoms with Crippen LogP contribution in [-0.2, 0) is 0 Å². The number of halogens is 2. The molecular formula is C15H9ClFNO2. The first-order valence-corrected chi connectivity index (χ1v) is 6.26. The number of amides is 1. The summed E-state index contributed by atoms with van der Waals surface area (Å²) in [7, 11) is 0. The maximum absolute atomic E-state index is 13.6. The van der Waals surface area contributed by atoms with E-state index in [-0.39, 0.29) is 16.5 Å². The molecule has 0 unspecified atom stereocenters. The lowest BCUT2D eigenvalue weighted by atomic mass is 10.2. The van der Waals surface area contributed by atoms with Crippen molar-refractivity contribution in [3.8, 4) is 0 Å². The number of nitrogens with one attached hydrogen (secondary N) is 1. The average molecular weight is 290 g/mol. The molecule has 100 valence electrons. The quantitative estimate of drug-likeness (QED) is 0.756. The number of hydrogen-bond donors (Lipinski definition) is 1. The summed E-state index contributed by atoms with van der Waals surface area (Å²) in [5, 5.41) is 3.53. The topological polar surface area (TPSA) is 42.2 Å². The van der Waals surface area contributed by atoms with Crippen LogP contribution in [0.4, 0.5) is 10.1 Å². The van der Waals surface area contributed by atoms with Crippen LogP contribution in [0.1, 0.15) is 10.6 Å². The van der Waals surface area contributed by atoms with Crippen molar-refractivity contribution in [2.45, 2.75) is 0 Å². The molecule has 0 spiro atoms. The molecule has 0 aliphatic heterocycles. The predicted octanol–water partition coefficient (Wildman–Crippen LogP) is 4.48. The molecule has 5 heteroatoms. The van der Waals surface area contributed by atoms with Gasteiger partial charge < -0.3 is 9.73 Å². The van der Waals surface area contributed by atoms with Crippen LogP contribution in [0.3, 0.4) is 0 Å². The van der Waals surface area contributed by atoms with E-state index in [9.17, 15) is 9.18 Å². The van der Waals surface area contributed by atoms with E-state index < -0.39 is 11.7 Å². The van der Waals surface area contributed by atoms with Gasteiger partial charge in [-0.3, -0.25) is 4.79 Å². The second-order valence-electron chi connectivity index (χ2n) is 4.23. The van der Waals surface area contributed by atoms with Gasteiger partial charge in [-0.15, -0.1) is 0 Å². The Bertz CT molecular complexity index is 764. The number of carbonyl (C=O) groups is 1. The Balaban J connectivity index is 1.89. The standard InChI is InChI=1S/C15H9ClFNO2/c16-10-5-6-12(11(17)8-10)18-15(19)14-7-9-3-1-2-4-13(9)20-14/h1-8H,(H,18,19). The molecule has 2 aromatic carbocycles. The molecule has 3 nitrogen and oxygen atoms in total. The molecule has 3 aromatic rings. The third-order valence-corrected chi connectivity index (χ3v) is 3.06. The lowest BCUT2D eigenvalue weighted by molar-refractivity contribution is 0.0998. The molecule has 0 saturated heterocycles. The number of furan rings is 1. The van der Waals surface area contributed by atoms with Crippen LogP contribution in [0.15, 0.2) is 52.9 Å². The number of hydrogen-bond acceptors (Lipinski definition) is 2. The van der Waals surface area contributed by atoms with E-state index in [1.807, 2.05) is 18.2 Å².